The first-order valence-corrected chi connectivity index (χ1v) is 18.3. The van der Waals surface area contributed by atoms with Crippen molar-refractivity contribution in [1.82, 2.24) is 9.97 Å². The van der Waals surface area contributed by atoms with E-state index < -0.39 is 10.8 Å². The molecule has 9 rings (SSSR count). The Morgan fingerprint density at radius 1 is 0.648 bits per heavy atom. The zero-order chi connectivity index (χ0) is 37.8. The number of hydrogen-bond acceptors (Lipinski definition) is 10. The summed E-state index contributed by atoms with van der Waals surface area (Å²) in [4.78, 5) is 55.1. The first kappa shape index (κ1) is 32.9. The molecule has 0 saturated carbocycles. The van der Waals surface area contributed by atoms with Crippen LogP contribution >= 0.6 is 22.7 Å². The fourth-order valence-electron chi connectivity index (χ4n) is 7.88. The summed E-state index contributed by atoms with van der Waals surface area (Å²) >= 11 is 2.74. The van der Waals surface area contributed by atoms with Crippen LogP contribution in [0.25, 0.3) is 41.7 Å². The van der Waals surface area contributed by atoms with Crippen molar-refractivity contribution < 1.29 is 9.59 Å². The highest BCUT2D eigenvalue weighted by Crippen LogP contribution is 2.59. The number of nitriles is 2. The summed E-state index contributed by atoms with van der Waals surface area (Å²) in [5.74, 6) is -0.693. The van der Waals surface area contributed by atoms with Crippen molar-refractivity contribution in [3.63, 3.8) is 0 Å². The maximum Gasteiger partial charge on any atom is 0.271 e. The van der Waals surface area contributed by atoms with Gasteiger partial charge >= 0.3 is 0 Å². The molecule has 0 fully saturated rings. The van der Waals surface area contributed by atoms with E-state index in [0.717, 1.165) is 43.4 Å². The highest BCUT2D eigenvalue weighted by atomic mass is 32.1. The first-order chi connectivity index (χ1) is 25.9. The number of fused-ring (bicyclic) bond motifs is 8. The lowest BCUT2D eigenvalue weighted by Crippen LogP contribution is -2.18. The minimum absolute atomic E-state index is 0.0444. The Balaban J connectivity index is 1.14. The van der Waals surface area contributed by atoms with E-state index in [9.17, 15) is 20.1 Å². The molecule has 12 heteroatoms. The minimum atomic E-state index is -0.528. The van der Waals surface area contributed by atoms with E-state index in [-0.39, 0.29) is 45.5 Å². The molecule has 4 aliphatic carbocycles. The van der Waals surface area contributed by atoms with Gasteiger partial charge in [-0.1, -0.05) is 98.9 Å². The van der Waals surface area contributed by atoms with Crippen LogP contribution in [-0.4, -0.2) is 33.0 Å². The average Bonchev–Trinajstić information content (AvgIpc) is 3.98. The molecule has 5 aromatic rings. The number of rotatable bonds is 2. The number of hydrogen-bond donors (Lipinski definition) is 0. The maximum atomic E-state index is 13.5. The third kappa shape index (κ3) is 4.27. The van der Waals surface area contributed by atoms with Gasteiger partial charge in [-0.05, 0) is 45.5 Å². The van der Waals surface area contributed by atoms with Gasteiger partial charge in [-0.25, -0.2) is 40.2 Å². The van der Waals surface area contributed by atoms with Crippen LogP contribution in [0.4, 0.5) is 10.3 Å². The standard InChI is InChI=1S/C42H22N8O2S2/c1-41(2)25-15-24-26(16-23(25)35-37(41)49-39(53-35)47-31-29(27(17-43)45-5)19-11-7-9-13-21(19)33(31)51)42(3,4)38-36(24)54-40(50-38)48-32-30(28(18-44)46-6)20-12-8-10-14-22(20)34(32)52/h7-16H,1-4H3/b29-27+,30-28?,47-31?,48-32?. The topological polar surface area (TPSA) is 141 Å². The summed E-state index contributed by atoms with van der Waals surface area (Å²) in [6.07, 6.45) is 0. The number of carbonyl (C=O) groups is 2. The number of carbonyl (C=O) groups excluding carboxylic acids is 2. The Morgan fingerprint density at radius 2 is 1.02 bits per heavy atom. The van der Waals surface area contributed by atoms with Crippen LogP contribution in [0.15, 0.2) is 82.0 Å². The zero-order valence-electron chi connectivity index (χ0n) is 29.0. The maximum absolute atomic E-state index is 13.5. The number of Topliss-reactive ketones (excluding diaryl/α,β-unsaturated/α-hetero) is 2. The predicted molar refractivity (Wildman–Crippen MR) is 207 cm³/mol. The first-order valence-electron chi connectivity index (χ1n) is 16.7. The third-order valence-corrected chi connectivity index (χ3v) is 12.5. The average molecular weight is 735 g/mol. The van der Waals surface area contributed by atoms with Crippen molar-refractivity contribution in [1.29, 1.82) is 10.5 Å². The molecule has 4 aliphatic rings. The number of ketones is 2. The Morgan fingerprint density at radius 3 is 1.37 bits per heavy atom. The van der Waals surface area contributed by atoms with Gasteiger partial charge in [0, 0.05) is 33.1 Å². The van der Waals surface area contributed by atoms with Crippen molar-refractivity contribution >= 4 is 67.1 Å². The van der Waals surface area contributed by atoms with Gasteiger partial charge in [-0.15, -0.1) is 0 Å². The molecule has 0 saturated heterocycles. The second kappa shape index (κ2) is 11.3. The molecule has 0 unspecified atom stereocenters. The highest BCUT2D eigenvalue weighted by Gasteiger charge is 2.46. The summed E-state index contributed by atoms with van der Waals surface area (Å²) in [7, 11) is 0. The number of benzene rings is 3. The Hall–Kier alpha value is -6.96. The molecule has 0 spiro atoms. The summed E-state index contributed by atoms with van der Waals surface area (Å²) in [5, 5.41) is 20.2. The molecule has 0 radical (unpaired) electrons. The molecule has 54 heavy (non-hydrogen) atoms. The van der Waals surface area contributed by atoms with Gasteiger partial charge in [-0.3, -0.25) is 9.59 Å². The molecule has 0 amide bonds. The molecule has 0 bridgehead atoms. The summed E-state index contributed by atoms with van der Waals surface area (Å²) in [5.41, 5.74) is 6.79. The second-order valence-electron chi connectivity index (χ2n) is 14.1. The van der Waals surface area contributed by atoms with E-state index in [2.05, 4.69) is 49.5 Å². The van der Waals surface area contributed by atoms with Gasteiger partial charge in [0.15, 0.2) is 0 Å². The van der Waals surface area contributed by atoms with Crippen LogP contribution in [-0.2, 0) is 10.8 Å². The van der Waals surface area contributed by atoms with Gasteiger partial charge in [-0.2, -0.15) is 0 Å². The minimum Gasteiger partial charge on any atom is -0.287 e. The van der Waals surface area contributed by atoms with Gasteiger partial charge < -0.3 is 0 Å². The van der Waals surface area contributed by atoms with Gasteiger partial charge in [0.2, 0.25) is 21.8 Å². The molecular weight excluding hydrogens is 713 g/mol. The predicted octanol–water partition coefficient (Wildman–Crippen LogP) is 9.46. The normalized spacial score (nSPS) is 19.6. The van der Waals surface area contributed by atoms with Crippen molar-refractivity contribution in [2.75, 3.05) is 0 Å². The van der Waals surface area contributed by atoms with Crippen LogP contribution in [0.1, 0.15) is 82.1 Å². The lowest BCUT2D eigenvalue weighted by molar-refractivity contribution is 0.106. The summed E-state index contributed by atoms with van der Waals surface area (Å²) in [6.45, 7) is 23.6. The number of aromatic nitrogens is 2. The molecule has 254 valence electrons. The molecule has 2 heterocycles. The highest BCUT2D eigenvalue weighted by molar-refractivity contribution is 7.19. The molecular formula is C42H22N8O2S2. The fourth-order valence-corrected chi connectivity index (χ4v) is 10.1. The molecule has 3 aromatic carbocycles. The van der Waals surface area contributed by atoms with Gasteiger partial charge in [0.25, 0.3) is 11.4 Å². The second-order valence-corrected chi connectivity index (χ2v) is 16.1. The van der Waals surface area contributed by atoms with E-state index in [0.29, 0.717) is 32.5 Å². The fraction of sp³-hybridized carbons (Fsp3) is 0.143. The van der Waals surface area contributed by atoms with Crippen LogP contribution < -0.4 is 0 Å². The Kier molecular flexibility index (Phi) is 6.87. The Bertz CT molecular complexity index is 2740. The molecule has 0 atom stereocenters. The van der Waals surface area contributed by atoms with E-state index in [1.165, 1.54) is 22.7 Å². The summed E-state index contributed by atoms with van der Waals surface area (Å²) in [6, 6.07) is 22.1. The lowest BCUT2D eigenvalue weighted by Gasteiger charge is -2.23. The third-order valence-electron chi connectivity index (χ3n) is 10.5. The molecule has 0 aliphatic heterocycles. The van der Waals surface area contributed by atoms with Crippen molar-refractivity contribution in [3.05, 3.63) is 140 Å². The summed E-state index contributed by atoms with van der Waals surface area (Å²) < 4.78 is 0. The van der Waals surface area contributed by atoms with Crippen LogP contribution in [0, 0.1) is 35.8 Å². The smallest absolute Gasteiger partial charge is 0.271 e. The zero-order valence-corrected chi connectivity index (χ0v) is 30.6. The lowest BCUT2D eigenvalue weighted by atomic mass is 9.81. The number of nitrogens with zero attached hydrogens (tertiary/aromatic N) is 8. The molecule has 0 N–H and O–H groups in total. The monoisotopic (exact) mass is 734 g/mol. The van der Waals surface area contributed by atoms with E-state index in [1.807, 2.05) is 12.1 Å². The molecule has 10 nitrogen and oxygen atoms in total. The number of thiazole rings is 2. The van der Waals surface area contributed by atoms with Crippen LogP contribution in [0.2, 0.25) is 0 Å². The van der Waals surface area contributed by atoms with Crippen molar-refractivity contribution in [3.8, 4) is 33.0 Å². The quantitative estimate of drug-likeness (QED) is 0.131. The van der Waals surface area contributed by atoms with E-state index >= 15 is 0 Å². The number of allylic oxidation sites excluding steroid dienone is 4. The largest absolute Gasteiger partial charge is 0.287 e. The van der Waals surface area contributed by atoms with Crippen molar-refractivity contribution in [2.45, 2.75) is 38.5 Å². The van der Waals surface area contributed by atoms with Gasteiger partial charge in [0.1, 0.15) is 11.4 Å². The van der Waals surface area contributed by atoms with Crippen molar-refractivity contribution in [2.24, 2.45) is 9.98 Å². The van der Waals surface area contributed by atoms with Crippen LogP contribution in [0.5, 0.6) is 0 Å². The SMILES string of the molecule is [C-]#[N+]C(C#N)=C1C(=Nc2nc3c(s2)-c2cc4c(cc2C3(C)C)-c2sc(N=C3C(=O)c5ccccc5/C3=C(/C#N)[N+]#[C-])nc2C4(C)C)C(=O)c2ccccc21. The Labute approximate surface area is 317 Å². The van der Waals surface area contributed by atoms with E-state index in [4.69, 9.17) is 33.1 Å². The number of aliphatic imine (C=N–C) groups is 2. The molecule has 2 aromatic heterocycles. The van der Waals surface area contributed by atoms with Crippen LogP contribution in [0.3, 0.4) is 0 Å². The van der Waals surface area contributed by atoms with Gasteiger partial charge in [0.05, 0.1) is 46.4 Å². The van der Waals surface area contributed by atoms with E-state index in [1.54, 1.807) is 48.5 Å².